The Labute approximate surface area is 163 Å². The van der Waals surface area contributed by atoms with Crippen LogP contribution in [0.1, 0.15) is 5.56 Å². The fourth-order valence-corrected chi connectivity index (χ4v) is 2.54. The van der Waals surface area contributed by atoms with Crippen molar-refractivity contribution in [3.8, 4) is 16.9 Å². The van der Waals surface area contributed by atoms with Gasteiger partial charge in [-0.3, -0.25) is 9.89 Å². The third kappa shape index (κ3) is 4.16. The first kappa shape index (κ1) is 21.5. The molecule has 3 aromatic rings. The second-order valence-corrected chi connectivity index (χ2v) is 5.37. The van der Waals surface area contributed by atoms with Crippen molar-refractivity contribution < 1.29 is 9.53 Å². The van der Waals surface area contributed by atoms with Gasteiger partial charge in [-0.15, -0.1) is 24.8 Å². The minimum absolute atomic E-state index is 0. The zero-order valence-corrected chi connectivity index (χ0v) is 15.4. The lowest BCUT2D eigenvalue weighted by molar-refractivity contribution is -0.133. The van der Waals surface area contributed by atoms with Crippen LogP contribution in [0.25, 0.3) is 11.1 Å². The molecular formula is C18H20Cl2N4O2. The average molecular weight is 395 g/mol. The first-order valence-corrected chi connectivity index (χ1v) is 7.49. The molecule has 0 spiro atoms. The van der Waals surface area contributed by atoms with Gasteiger partial charge >= 0.3 is 0 Å². The highest BCUT2D eigenvalue weighted by Crippen LogP contribution is 2.29. The molecule has 8 heteroatoms. The van der Waals surface area contributed by atoms with Gasteiger partial charge in [-0.25, -0.2) is 0 Å². The van der Waals surface area contributed by atoms with E-state index >= 15 is 0 Å². The number of primary amides is 1. The molecule has 26 heavy (non-hydrogen) atoms. The van der Waals surface area contributed by atoms with E-state index in [1.165, 1.54) is 0 Å². The zero-order valence-electron chi connectivity index (χ0n) is 13.8. The second kappa shape index (κ2) is 9.24. The first-order chi connectivity index (χ1) is 11.7. The number of para-hydroxylation sites is 1. The summed E-state index contributed by atoms with van der Waals surface area (Å²) in [6.45, 7) is -0.0672. The van der Waals surface area contributed by atoms with Crippen LogP contribution in [0.2, 0.25) is 0 Å². The highest BCUT2D eigenvalue weighted by atomic mass is 35.5. The van der Waals surface area contributed by atoms with E-state index in [1.807, 2.05) is 30.3 Å². The number of H-pyrrole nitrogens is 1. The summed E-state index contributed by atoms with van der Waals surface area (Å²) in [5.41, 5.74) is 12.6. The van der Waals surface area contributed by atoms with Crippen LogP contribution in [-0.4, -0.2) is 22.6 Å². The molecule has 138 valence electrons. The van der Waals surface area contributed by atoms with Crippen molar-refractivity contribution in [2.24, 2.45) is 11.5 Å². The van der Waals surface area contributed by atoms with Gasteiger partial charge in [0.1, 0.15) is 5.75 Å². The van der Waals surface area contributed by atoms with E-state index in [0.717, 1.165) is 11.1 Å². The number of rotatable bonds is 6. The Balaban J connectivity index is 0.00000169. The fourth-order valence-electron chi connectivity index (χ4n) is 2.54. The monoisotopic (exact) mass is 394 g/mol. The highest BCUT2D eigenvalue weighted by Gasteiger charge is 2.40. The SMILES string of the molecule is Cl.Cl.NCC(Oc1ccccc1)(C(N)=O)c1ccc(-c2cn[nH]c2)cc1. The lowest BCUT2D eigenvalue weighted by atomic mass is 9.91. The van der Waals surface area contributed by atoms with E-state index in [-0.39, 0.29) is 31.4 Å². The molecule has 0 fully saturated rings. The third-order valence-electron chi connectivity index (χ3n) is 3.90. The molecule has 1 heterocycles. The van der Waals surface area contributed by atoms with E-state index in [4.69, 9.17) is 16.2 Å². The lowest BCUT2D eigenvalue weighted by Crippen LogP contribution is -2.51. The number of aromatic nitrogens is 2. The normalized spacial score (nSPS) is 12.2. The Kier molecular flexibility index (Phi) is 7.64. The maximum absolute atomic E-state index is 12.2. The molecule has 1 atom stereocenters. The summed E-state index contributed by atoms with van der Waals surface area (Å²) < 4.78 is 5.91. The molecule has 0 saturated heterocycles. The van der Waals surface area contributed by atoms with Crippen molar-refractivity contribution in [1.82, 2.24) is 10.2 Å². The van der Waals surface area contributed by atoms with Crippen LogP contribution in [0.5, 0.6) is 5.75 Å². The van der Waals surface area contributed by atoms with E-state index in [0.29, 0.717) is 11.3 Å². The van der Waals surface area contributed by atoms with Gasteiger partial charge in [0.15, 0.2) is 0 Å². The van der Waals surface area contributed by atoms with Crippen LogP contribution in [0.3, 0.4) is 0 Å². The second-order valence-electron chi connectivity index (χ2n) is 5.37. The summed E-state index contributed by atoms with van der Waals surface area (Å²) in [6, 6.07) is 16.4. The number of nitrogens with one attached hydrogen (secondary N) is 1. The molecule has 2 aromatic carbocycles. The van der Waals surface area contributed by atoms with Gasteiger partial charge in [-0.05, 0) is 17.7 Å². The predicted molar refractivity (Wildman–Crippen MR) is 106 cm³/mol. The quantitative estimate of drug-likeness (QED) is 0.596. The number of aromatic amines is 1. The molecule has 1 aromatic heterocycles. The van der Waals surface area contributed by atoms with E-state index < -0.39 is 11.5 Å². The van der Waals surface area contributed by atoms with Crippen LogP contribution in [0.15, 0.2) is 67.0 Å². The maximum atomic E-state index is 12.2. The molecule has 1 amide bonds. The Morgan fingerprint density at radius 3 is 2.19 bits per heavy atom. The van der Waals surface area contributed by atoms with Gasteiger partial charge in [0.2, 0.25) is 5.60 Å². The summed E-state index contributed by atoms with van der Waals surface area (Å²) >= 11 is 0. The standard InChI is InChI=1S/C18H18N4O2.2ClH/c19-12-18(17(20)23,24-16-4-2-1-3-5-16)15-8-6-13(7-9-15)14-10-21-22-11-14;;/h1-11H,12,19H2,(H2,20,23)(H,21,22);2*1H. The maximum Gasteiger partial charge on any atom is 0.267 e. The van der Waals surface area contributed by atoms with E-state index in [9.17, 15) is 4.79 Å². The number of ether oxygens (including phenoxy) is 1. The largest absolute Gasteiger partial charge is 0.471 e. The number of hydrogen-bond acceptors (Lipinski definition) is 4. The van der Waals surface area contributed by atoms with Crippen LogP contribution >= 0.6 is 24.8 Å². The van der Waals surface area contributed by atoms with Crippen LogP contribution in [0, 0.1) is 0 Å². The van der Waals surface area contributed by atoms with Crippen molar-refractivity contribution >= 4 is 30.7 Å². The molecule has 0 aliphatic rings. The molecule has 0 aliphatic heterocycles. The van der Waals surface area contributed by atoms with Gasteiger partial charge in [-0.2, -0.15) is 5.10 Å². The summed E-state index contributed by atoms with van der Waals surface area (Å²) in [6.07, 6.45) is 3.51. The van der Waals surface area contributed by atoms with Crippen LogP contribution in [0.4, 0.5) is 0 Å². The third-order valence-corrected chi connectivity index (χ3v) is 3.90. The number of carbonyl (C=O) groups is 1. The van der Waals surface area contributed by atoms with Gasteiger partial charge in [-0.1, -0.05) is 42.5 Å². The van der Waals surface area contributed by atoms with Gasteiger partial charge in [0.05, 0.1) is 6.20 Å². The number of carbonyl (C=O) groups excluding carboxylic acids is 1. The van der Waals surface area contributed by atoms with Crippen LogP contribution in [-0.2, 0) is 10.4 Å². The van der Waals surface area contributed by atoms with Crippen molar-refractivity contribution in [2.45, 2.75) is 5.60 Å². The molecule has 1 unspecified atom stereocenters. The number of halogens is 2. The van der Waals surface area contributed by atoms with Crippen LogP contribution < -0.4 is 16.2 Å². The molecule has 3 rings (SSSR count). The van der Waals surface area contributed by atoms with Gasteiger partial charge in [0.25, 0.3) is 5.91 Å². The summed E-state index contributed by atoms with van der Waals surface area (Å²) in [7, 11) is 0. The summed E-state index contributed by atoms with van der Waals surface area (Å²) in [5.74, 6) is -0.106. The highest BCUT2D eigenvalue weighted by molar-refractivity contribution is 5.86. The fraction of sp³-hybridized carbons (Fsp3) is 0.111. The Morgan fingerprint density at radius 2 is 1.69 bits per heavy atom. The smallest absolute Gasteiger partial charge is 0.267 e. The van der Waals surface area contributed by atoms with Crippen molar-refractivity contribution in [1.29, 1.82) is 0 Å². The number of nitrogens with two attached hydrogens (primary N) is 2. The Hall–Kier alpha value is -2.54. The lowest BCUT2D eigenvalue weighted by Gasteiger charge is -2.30. The molecule has 0 radical (unpaired) electrons. The summed E-state index contributed by atoms with van der Waals surface area (Å²) in [4.78, 5) is 12.2. The molecule has 0 bridgehead atoms. The minimum Gasteiger partial charge on any atom is -0.471 e. The van der Waals surface area contributed by atoms with Crippen molar-refractivity contribution in [3.63, 3.8) is 0 Å². The van der Waals surface area contributed by atoms with E-state index in [1.54, 1.807) is 36.7 Å². The molecule has 0 saturated carbocycles. The number of amides is 1. The van der Waals surface area contributed by atoms with Crippen molar-refractivity contribution in [3.05, 3.63) is 72.6 Å². The molecule has 6 nitrogen and oxygen atoms in total. The Morgan fingerprint density at radius 1 is 1.04 bits per heavy atom. The minimum atomic E-state index is -1.42. The number of hydrogen-bond donors (Lipinski definition) is 3. The number of nitrogens with zero attached hydrogens (tertiary/aromatic N) is 1. The Bertz CT molecular complexity index is 811. The topological polar surface area (TPSA) is 107 Å². The summed E-state index contributed by atoms with van der Waals surface area (Å²) in [5, 5.41) is 6.69. The average Bonchev–Trinajstić information content (AvgIpc) is 3.15. The van der Waals surface area contributed by atoms with Gasteiger partial charge in [0, 0.05) is 23.9 Å². The predicted octanol–water partition coefficient (Wildman–Crippen LogP) is 2.64. The molecule has 5 N–H and O–H groups in total. The van der Waals surface area contributed by atoms with E-state index in [2.05, 4.69) is 10.2 Å². The zero-order chi connectivity index (χ0) is 17.0. The first-order valence-electron chi connectivity index (χ1n) is 7.49. The van der Waals surface area contributed by atoms with Crippen molar-refractivity contribution in [2.75, 3.05) is 6.54 Å². The molecule has 0 aliphatic carbocycles. The molecular weight excluding hydrogens is 375 g/mol. The van der Waals surface area contributed by atoms with Gasteiger partial charge < -0.3 is 16.2 Å². The number of benzene rings is 2.